The van der Waals surface area contributed by atoms with E-state index in [1.54, 1.807) is 11.3 Å². The van der Waals surface area contributed by atoms with Crippen molar-refractivity contribution in [2.24, 2.45) is 5.92 Å². The molecule has 1 aliphatic carbocycles. The summed E-state index contributed by atoms with van der Waals surface area (Å²) in [5, 5.41) is 2.84. The summed E-state index contributed by atoms with van der Waals surface area (Å²) in [6.45, 7) is 2.72. The number of hydrogen-bond donors (Lipinski definition) is 0. The molecule has 1 saturated heterocycles. The van der Waals surface area contributed by atoms with E-state index in [-0.39, 0.29) is 30.8 Å². The number of ether oxygens (including phenoxy) is 1. The third-order valence-corrected chi connectivity index (χ3v) is 6.41. The summed E-state index contributed by atoms with van der Waals surface area (Å²) in [6.07, 6.45) is 4.76. The van der Waals surface area contributed by atoms with Gasteiger partial charge in [-0.2, -0.15) is 0 Å². The monoisotopic (exact) mass is 384 g/mol. The van der Waals surface area contributed by atoms with Gasteiger partial charge in [0.2, 0.25) is 5.91 Å². The van der Waals surface area contributed by atoms with E-state index in [0.717, 1.165) is 29.1 Å². The Morgan fingerprint density at radius 1 is 1.26 bits per heavy atom. The Kier molecular flexibility index (Phi) is 5.25. The zero-order chi connectivity index (χ0) is 18.8. The number of aromatic nitrogens is 1. The highest BCUT2D eigenvalue weighted by Crippen LogP contribution is 2.30. The molecule has 4 rings (SSSR count). The second kappa shape index (κ2) is 7.80. The number of nitrogens with zero attached hydrogens (tertiary/aromatic N) is 2. The van der Waals surface area contributed by atoms with Crippen LogP contribution in [0.4, 0.5) is 0 Å². The van der Waals surface area contributed by atoms with Crippen LogP contribution >= 0.6 is 11.3 Å². The molecule has 2 aliphatic rings. The highest BCUT2D eigenvalue weighted by Gasteiger charge is 2.39. The summed E-state index contributed by atoms with van der Waals surface area (Å²) >= 11 is 1.55. The van der Waals surface area contributed by atoms with Gasteiger partial charge in [0.1, 0.15) is 11.6 Å². The summed E-state index contributed by atoms with van der Waals surface area (Å²) in [5.41, 5.74) is 3.03. The van der Waals surface area contributed by atoms with Crippen molar-refractivity contribution >= 4 is 23.2 Å². The molecule has 1 atom stereocenters. The van der Waals surface area contributed by atoms with Crippen molar-refractivity contribution in [1.29, 1.82) is 0 Å². The Morgan fingerprint density at radius 2 is 2.00 bits per heavy atom. The van der Waals surface area contributed by atoms with Crippen molar-refractivity contribution < 1.29 is 14.3 Å². The lowest BCUT2D eigenvalue weighted by atomic mass is 10.1. The van der Waals surface area contributed by atoms with Gasteiger partial charge in [-0.05, 0) is 19.8 Å². The molecule has 6 heteroatoms. The maximum atomic E-state index is 12.4. The second-order valence-electron chi connectivity index (χ2n) is 7.50. The van der Waals surface area contributed by atoms with Crippen molar-refractivity contribution in [3.8, 4) is 10.6 Å². The van der Waals surface area contributed by atoms with Crippen molar-refractivity contribution in [2.45, 2.75) is 51.7 Å². The van der Waals surface area contributed by atoms with E-state index in [0.29, 0.717) is 12.6 Å². The van der Waals surface area contributed by atoms with Gasteiger partial charge in [-0.3, -0.25) is 9.59 Å². The molecule has 1 aromatic heterocycles. The number of likely N-dealkylation sites (tertiary alicyclic amines) is 1. The van der Waals surface area contributed by atoms with Gasteiger partial charge in [0.05, 0.1) is 11.6 Å². The molecular weight excluding hydrogens is 360 g/mol. The number of hydrogen-bond acceptors (Lipinski definition) is 5. The summed E-state index contributed by atoms with van der Waals surface area (Å²) in [4.78, 5) is 31.1. The molecule has 2 fully saturated rings. The zero-order valence-corrected chi connectivity index (χ0v) is 16.3. The first-order chi connectivity index (χ1) is 13.1. The van der Waals surface area contributed by atoms with Crippen molar-refractivity contribution in [2.75, 3.05) is 6.54 Å². The van der Waals surface area contributed by atoms with E-state index in [1.165, 1.54) is 18.4 Å². The molecule has 27 heavy (non-hydrogen) atoms. The van der Waals surface area contributed by atoms with Crippen LogP contribution in [0.1, 0.15) is 43.4 Å². The number of benzene rings is 1. The summed E-state index contributed by atoms with van der Waals surface area (Å²) in [7, 11) is 0. The predicted molar refractivity (Wildman–Crippen MR) is 104 cm³/mol. The van der Waals surface area contributed by atoms with Crippen LogP contribution in [-0.2, 0) is 20.9 Å². The number of rotatable bonds is 5. The molecule has 1 aromatic carbocycles. The Morgan fingerprint density at radius 3 is 2.74 bits per heavy atom. The fourth-order valence-corrected chi connectivity index (χ4v) is 4.73. The molecule has 5 nitrogen and oxygen atoms in total. The molecule has 0 N–H and O–H groups in total. The summed E-state index contributed by atoms with van der Waals surface area (Å²) in [6, 6.07) is 8.54. The minimum absolute atomic E-state index is 0.0964. The highest BCUT2D eigenvalue weighted by molar-refractivity contribution is 7.13. The highest BCUT2D eigenvalue weighted by atomic mass is 32.1. The largest absolute Gasteiger partial charge is 0.459 e. The smallest absolute Gasteiger partial charge is 0.311 e. The van der Waals surface area contributed by atoms with E-state index < -0.39 is 0 Å². The number of aryl methyl sites for hydroxylation is 1. The van der Waals surface area contributed by atoms with Crippen LogP contribution in [0.25, 0.3) is 10.6 Å². The molecule has 1 amide bonds. The number of esters is 1. The van der Waals surface area contributed by atoms with Gasteiger partial charge >= 0.3 is 5.97 Å². The normalized spacial score (nSPS) is 20.4. The SMILES string of the molecule is Cc1ccc(-c2nc(COC(=O)[C@@H]3CC(=O)N(C4CCCC4)C3)cs2)cc1. The van der Waals surface area contributed by atoms with Crippen LogP contribution in [0, 0.1) is 12.8 Å². The third kappa shape index (κ3) is 4.05. The van der Waals surface area contributed by atoms with Gasteiger partial charge in [0, 0.05) is 30.0 Å². The molecule has 0 bridgehead atoms. The molecular formula is C21H24N2O3S. The van der Waals surface area contributed by atoms with E-state index >= 15 is 0 Å². The summed E-state index contributed by atoms with van der Waals surface area (Å²) in [5.74, 6) is -0.527. The van der Waals surface area contributed by atoms with E-state index in [9.17, 15) is 9.59 Å². The van der Waals surface area contributed by atoms with Gasteiger partial charge in [-0.25, -0.2) is 4.98 Å². The predicted octanol–water partition coefficient (Wildman–Crippen LogP) is 3.95. The van der Waals surface area contributed by atoms with Crippen LogP contribution < -0.4 is 0 Å². The van der Waals surface area contributed by atoms with Crippen molar-refractivity contribution in [3.63, 3.8) is 0 Å². The van der Waals surface area contributed by atoms with Gasteiger partial charge in [-0.15, -0.1) is 11.3 Å². The molecule has 142 valence electrons. The van der Waals surface area contributed by atoms with Gasteiger partial charge in [0.15, 0.2) is 0 Å². The first-order valence-electron chi connectivity index (χ1n) is 9.57. The molecule has 0 spiro atoms. The topological polar surface area (TPSA) is 59.5 Å². The molecule has 2 aromatic rings. The van der Waals surface area contributed by atoms with Crippen molar-refractivity contribution in [3.05, 3.63) is 40.9 Å². The van der Waals surface area contributed by atoms with Crippen LogP contribution in [0.15, 0.2) is 29.6 Å². The average molecular weight is 385 g/mol. The second-order valence-corrected chi connectivity index (χ2v) is 8.36. The Hall–Kier alpha value is -2.21. The van der Waals surface area contributed by atoms with Gasteiger partial charge in [0.25, 0.3) is 0 Å². The van der Waals surface area contributed by atoms with Gasteiger partial charge in [-0.1, -0.05) is 42.7 Å². The minimum Gasteiger partial charge on any atom is -0.459 e. The maximum absolute atomic E-state index is 12.4. The lowest BCUT2D eigenvalue weighted by Gasteiger charge is -2.23. The van der Waals surface area contributed by atoms with E-state index in [1.807, 2.05) is 22.4 Å². The van der Waals surface area contributed by atoms with Gasteiger partial charge < -0.3 is 9.64 Å². The quantitative estimate of drug-likeness (QED) is 0.733. The first-order valence-corrected chi connectivity index (χ1v) is 10.5. The number of amides is 1. The fourth-order valence-electron chi connectivity index (χ4n) is 3.92. The number of thiazole rings is 1. The van der Waals surface area contributed by atoms with Crippen LogP contribution in [-0.4, -0.2) is 34.3 Å². The Bertz CT molecular complexity index is 824. The minimum atomic E-state index is -0.340. The lowest BCUT2D eigenvalue weighted by Crippen LogP contribution is -2.35. The molecule has 1 aliphatic heterocycles. The average Bonchev–Trinajstić information content (AvgIpc) is 3.41. The van der Waals surface area contributed by atoms with E-state index in [4.69, 9.17) is 4.74 Å². The van der Waals surface area contributed by atoms with Crippen molar-refractivity contribution in [1.82, 2.24) is 9.88 Å². The standard InChI is InChI=1S/C21H24N2O3S/c1-14-6-8-15(9-7-14)20-22-17(13-27-20)12-26-21(25)16-10-19(24)23(11-16)18-4-2-3-5-18/h6-9,13,16,18H,2-5,10-12H2,1H3/t16-/m1/s1. The Labute approximate surface area is 163 Å². The lowest BCUT2D eigenvalue weighted by molar-refractivity contribution is -0.149. The van der Waals surface area contributed by atoms with Crippen LogP contribution in [0.2, 0.25) is 0 Å². The molecule has 0 radical (unpaired) electrons. The van der Waals surface area contributed by atoms with Crippen LogP contribution in [0.3, 0.4) is 0 Å². The molecule has 0 unspecified atom stereocenters. The molecule has 2 heterocycles. The van der Waals surface area contributed by atoms with E-state index in [2.05, 4.69) is 24.0 Å². The van der Waals surface area contributed by atoms with Crippen LogP contribution in [0.5, 0.6) is 0 Å². The summed E-state index contributed by atoms with van der Waals surface area (Å²) < 4.78 is 5.47. The molecule has 1 saturated carbocycles. The number of carbonyl (C=O) groups is 2. The first kappa shape index (κ1) is 18.2. The fraction of sp³-hybridized carbons (Fsp3) is 0.476. The number of carbonyl (C=O) groups excluding carboxylic acids is 2. The third-order valence-electron chi connectivity index (χ3n) is 5.47. The Balaban J connectivity index is 1.32. The maximum Gasteiger partial charge on any atom is 0.311 e. The zero-order valence-electron chi connectivity index (χ0n) is 15.5.